The second kappa shape index (κ2) is 5.80. The van der Waals surface area contributed by atoms with Crippen molar-refractivity contribution >= 4 is 5.91 Å². The summed E-state index contributed by atoms with van der Waals surface area (Å²) >= 11 is 0. The van der Waals surface area contributed by atoms with Crippen molar-refractivity contribution in [2.24, 2.45) is 0 Å². The van der Waals surface area contributed by atoms with E-state index >= 15 is 0 Å². The van der Waals surface area contributed by atoms with Gasteiger partial charge in [-0.05, 0) is 38.2 Å². The van der Waals surface area contributed by atoms with Crippen molar-refractivity contribution < 1.29 is 9.90 Å². The number of carbonyl (C=O) groups excluding carboxylic acids is 1. The van der Waals surface area contributed by atoms with E-state index in [1.807, 2.05) is 4.90 Å². The van der Waals surface area contributed by atoms with Crippen molar-refractivity contribution in [3.05, 3.63) is 35.4 Å². The van der Waals surface area contributed by atoms with Gasteiger partial charge in [0, 0.05) is 6.54 Å². The Labute approximate surface area is 127 Å². The normalized spacial score (nSPS) is 24.5. The van der Waals surface area contributed by atoms with E-state index in [0.717, 1.165) is 45.1 Å². The Morgan fingerprint density at radius 3 is 2.81 bits per heavy atom. The molecule has 21 heavy (non-hydrogen) atoms. The van der Waals surface area contributed by atoms with E-state index < -0.39 is 5.60 Å². The minimum Gasteiger partial charge on any atom is -0.389 e. The maximum absolute atomic E-state index is 12.6. The third kappa shape index (κ3) is 3.13. The third-order valence-electron chi connectivity index (χ3n) is 5.01. The molecule has 1 saturated carbocycles. The van der Waals surface area contributed by atoms with Crippen molar-refractivity contribution in [2.45, 2.75) is 63.5 Å². The van der Waals surface area contributed by atoms with Gasteiger partial charge in [0.1, 0.15) is 0 Å². The number of rotatable bonds is 3. The summed E-state index contributed by atoms with van der Waals surface area (Å²) in [5.74, 6) is 0.128. The van der Waals surface area contributed by atoms with E-state index in [1.165, 1.54) is 11.1 Å². The van der Waals surface area contributed by atoms with Crippen molar-refractivity contribution in [1.29, 1.82) is 0 Å². The molecule has 0 bridgehead atoms. The van der Waals surface area contributed by atoms with Gasteiger partial charge in [-0.15, -0.1) is 0 Å². The Morgan fingerprint density at radius 1 is 1.33 bits per heavy atom. The Morgan fingerprint density at radius 2 is 2.10 bits per heavy atom. The summed E-state index contributed by atoms with van der Waals surface area (Å²) in [7, 11) is 0. The van der Waals surface area contributed by atoms with Gasteiger partial charge < -0.3 is 10.0 Å². The highest BCUT2D eigenvalue weighted by Crippen LogP contribution is 2.37. The summed E-state index contributed by atoms with van der Waals surface area (Å²) in [6.07, 6.45) is 6.05. The molecule has 3 nitrogen and oxygen atoms in total. The Bertz CT molecular complexity index is 520. The van der Waals surface area contributed by atoms with Crippen LogP contribution in [0.4, 0.5) is 0 Å². The molecule has 1 aromatic carbocycles. The van der Waals surface area contributed by atoms with E-state index in [0.29, 0.717) is 6.42 Å². The number of aliphatic hydroxyl groups is 1. The molecule has 0 spiro atoms. The van der Waals surface area contributed by atoms with E-state index in [9.17, 15) is 9.90 Å². The molecule has 1 aliphatic carbocycles. The third-order valence-corrected chi connectivity index (χ3v) is 5.01. The summed E-state index contributed by atoms with van der Waals surface area (Å²) in [5.41, 5.74) is 1.73. The highest BCUT2D eigenvalue weighted by molar-refractivity contribution is 5.78. The first-order valence-electron chi connectivity index (χ1n) is 8.16. The standard InChI is InChI=1S/C18H25NO2/c1-14-6-4-7-15(12-14)16-8-5-11-19(16)17(20)13-18(21)9-2-3-10-18/h4,6-7,12,16,21H,2-3,5,8-11,13H2,1H3. The number of hydrogen-bond acceptors (Lipinski definition) is 2. The van der Waals surface area contributed by atoms with Gasteiger partial charge in [-0.3, -0.25) is 4.79 Å². The van der Waals surface area contributed by atoms with Crippen LogP contribution in [0.15, 0.2) is 24.3 Å². The summed E-state index contributed by atoms with van der Waals surface area (Å²) in [6.45, 7) is 2.92. The number of benzene rings is 1. The highest BCUT2D eigenvalue weighted by Gasteiger charge is 2.38. The van der Waals surface area contributed by atoms with Gasteiger partial charge in [0.15, 0.2) is 0 Å². The fourth-order valence-electron chi connectivity index (χ4n) is 3.88. The van der Waals surface area contributed by atoms with Gasteiger partial charge in [-0.25, -0.2) is 0 Å². The first kappa shape index (κ1) is 14.6. The zero-order chi connectivity index (χ0) is 14.9. The zero-order valence-corrected chi connectivity index (χ0v) is 12.8. The lowest BCUT2D eigenvalue weighted by Crippen LogP contribution is -2.37. The van der Waals surface area contributed by atoms with Crippen LogP contribution >= 0.6 is 0 Å². The first-order chi connectivity index (χ1) is 10.1. The summed E-state index contributed by atoms with van der Waals surface area (Å²) in [5, 5.41) is 10.5. The molecule has 1 unspecified atom stereocenters. The lowest BCUT2D eigenvalue weighted by Gasteiger charge is -2.29. The van der Waals surface area contributed by atoms with Crippen LogP contribution in [0.25, 0.3) is 0 Å². The Hall–Kier alpha value is -1.35. The van der Waals surface area contributed by atoms with Gasteiger partial charge in [0.05, 0.1) is 18.1 Å². The average molecular weight is 287 g/mol. The molecule has 2 aliphatic rings. The van der Waals surface area contributed by atoms with Crippen LogP contribution in [-0.2, 0) is 4.79 Å². The molecular formula is C18H25NO2. The van der Waals surface area contributed by atoms with Crippen LogP contribution in [0.1, 0.15) is 62.1 Å². The molecule has 0 aromatic heterocycles. The molecule has 3 rings (SSSR count). The molecule has 114 valence electrons. The molecule has 2 fully saturated rings. The maximum Gasteiger partial charge on any atom is 0.225 e. The minimum atomic E-state index is -0.739. The van der Waals surface area contributed by atoms with E-state index in [-0.39, 0.29) is 11.9 Å². The smallest absolute Gasteiger partial charge is 0.225 e. The zero-order valence-electron chi connectivity index (χ0n) is 12.8. The number of amides is 1. The predicted octanol–water partition coefficient (Wildman–Crippen LogP) is 3.35. The van der Waals surface area contributed by atoms with Crippen LogP contribution in [0.3, 0.4) is 0 Å². The van der Waals surface area contributed by atoms with Crippen LogP contribution in [0, 0.1) is 6.92 Å². The molecule has 1 heterocycles. The second-order valence-corrected chi connectivity index (χ2v) is 6.77. The van der Waals surface area contributed by atoms with Crippen LogP contribution in [0.5, 0.6) is 0 Å². The molecule has 1 aliphatic heterocycles. The quantitative estimate of drug-likeness (QED) is 0.926. The largest absolute Gasteiger partial charge is 0.389 e. The molecule has 1 N–H and O–H groups in total. The number of likely N-dealkylation sites (tertiary alicyclic amines) is 1. The van der Waals surface area contributed by atoms with Gasteiger partial charge in [-0.1, -0.05) is 42.7 Å². The fourth-order valence-corrected chi connectivity index (χ4v) is 3.88. The molecule has 1 aromatic rings. The summed E-state index contributed by atoms with van der Waals surface area (Å²) < 4.78 is 0. The van der Waals surface area contributed by atoms with Gasteiger partial charge >= 0.3 is 0 Å². The van der Waals surface area contributed by atoms with Gasteiger partial charge in [0.2, 0.25) is 5.91 Å². The molecule has 1 atom stereocenters. The van der Waals surface area contributed by atoms with Crippen LogP contribution in [-0.4, -0.2) is 28.1 Å². The number of carbonyl (C=O) groups is 1. The van der Waals surface area contributed by atoms with E-state index in [1.54, 1.807) is 0 Å². The summed E-state index contributed by atoms with van der Waals surface area (Å²) in [6, 6.07) is 8.65. The van der Waals surface area contributed by atoms with Crippen molar-refractivity contribution in [2.75, 3.05) is 6.54 Å². The van der Waals surface area contributed by atoms with Gasteiger partial charge in [-0.2, -0.15) is 0 Å². The number of hydrogen-bond donors (Lipinski definition) is 1. The molecule has 3 heteroatoms. The predicted molar refractivity (Wildman–Crippen MR) is 82.9 cm³/mol. The van der Waals surface area contributed by atoms with Crippen LogP contribution < -0.4 is 0 Å². The Kier molecular flexibility index (Phi) is 4.03. The molecule has 1 saturated heterocycles. The minimum absolute atomic E-state index is 0.128. The monoisotopic (exact) mass is 287 g/mol. The summed E-state index contributed by atoms with van der Waals surface area (Å²) in [4.78, 5) is 14.6. The van der Waals surface area contributed by atoms with Gasteiger partial charge in [0.25, 0.3) is 0 Å². The number of aryl methyl sites for hydroxylation is 1. The van der Waals surface area contributed by atoms with E-state index in [4.69, 9.17) is 0 Å². The van der Waals surface area contributed by atoms with E-state index in [2.05, 4.69) is 31.2 Å². The lowest BCUT2D eigenvalue weighted by molar-refractivity contribution is -0.137. The first-order valence-corrected chi connectivity index (χ1v) is 8.16. The Balaban J connectivity index is 1.73. The second-order valence-electron chi connectivity index (χ2n) is 6.77. The van der Waals surface area contributed by atoms with Crippen LogP contribution in [0.2, 0.25) is 0 Å². The number of nitrogens with zero attached hydrogens (tertiary/aromatic N) is 1. The lowest BCUT2D eigenvalue weighted by atomic mass is 9.96. The van der Waals surface area contributed by atoms with Crippen molar-refractivity contribution in [1.82, 2.24) is 4.90 Å². The highest BCUT2D eigenvalue weighted by atomic mass is 16.3. The fraction of sp³-hybridized carbons (Fsp3) is 0.611. The topological polar surface area (TPSA) is 40.5 Å². The molecular weight excluding hydrogens is 262 g/mol. The van der Waals surface area contributed by atoms with Crippen molar-refractivity contribution in [3.8, 4) is 0 Å². The maximum atomic E-state index is 12.6. The molecule has 0 radical (unpaired) electrons. The SMILES string of the molecule is Cc1cccc(C2CCCN2C(=O)CC2(O)CCCC2)c1. The van der Waals surface area contributed by atoms with Crippen molar-refractivity contribution in [3.63, 3.8) is 0 Å². The molecule has 1 amide bonds. The average Bonchev–Trinajstić information content (AvgIpc) is 3.07.